The number of ketones is 1. The van der Waals surface area contributed by atoms with Crippen LogP contribution in [0.2, 0.25) is 0 Å². The van der Waals surface area contributed by atoms with Crippen LogP contribution in [0.25, 0.3) is 0 Å². The van der Waals surface area contributed by atoms with Crippen molar-refractivity contribution >= 4 is 42.9 Å². The Morgan fingerprint density at radius 2 is 1.93 bits per heavy atom. The molecule has 0 heterocycles. The Morgan fingerprint density at radius 1 is 1.40 bits per heavy atom. The van der Waals surface area contributed by atoms with Crippen LogP contribution in [-0.4, -0.2) is 39.8 Å². The van der Waals surface area contributed by atoms with Crippen LogP contribution in [0.1, 0.15) is 13.3 Å². The van der Waals surface area contributed by atoms with Crippen molar-refractivity contribution in [3.63, 3.8) is 0 Å². The maximum atomic E-state index is 11.3. The summed E-state index contributed by atoms with van der Waals surface area (Å²) in [6, 6.07) is -1.50. The zero-order valence-corrected chi connectivity index (χ0v) is 9.92. The highest BCUT2D eigenvalue weighted by Gasteiger charge is 2.27. The van der Waals surface area contributed by atoms with Crippen LogP contribution in [0.15, 0.2) is 0 Å². The molecule has 2 N–H and O–H groups in total. The van der Waals surface area contributed by atoms with Crippen molar-refractivity contribution in [2.24, 2.45) is 0 Å². The molecule has 15 heavy (non-hydrogen) atoms. The molecule has 2 unspecified atom stereocenters. The van der Waals surface area contributed by atoms with Crippen molar-refractivity contribution in [3.8, 4) is 0 Å². The lowest BCUT2D eigenvalue weighted by atomic mass is 10.1. The summed E-state index contributed by atoms with van der Waals surface area (Å²) in [7, 11) is 0. The topological polar surface area (TPSA) is 83.5 Å². The number of aliphatic carboxylic acids is 1. The molecule has 0 bridgehead atoms. The molecule has 7 heteroatoms. The van der Waals surface area contributed by atoms with Gasteiger partial charge in [-0.3, -0.25) is 9.59 Å². The van der Waals surface area contributed by atoms with E-state index in [2.05, 4.69) is 30.6 Å². The number of carbonyl (C=O) groups excluding carboxylic acids is 2. The highest BCUT2D eigenvalue weighted by Crippen LogP contribution is 1.98. The molecule has 86 valence electrons. The molecule has 0 rings (SSSR count). The fourth-order valence-corrected chi connectivity index (χ4v) is 1.09. The van der Waals surface area contributed by atoms with Crippen LogP contribution in [0.4, 0.5) is 0 Å². The van der Waals surface area contributed by atoms with Crippen LogP contribution in [0, 0.1) is 0 Å². The summed E-state index contributed by atoms with van der Waals surface area (Å²) in [5.74, 6) is -2.28. The van der Waals surface area contributed by atoms with Gasteiger partial charge in [0.2, 0.25) is 5.91 Å². The van der Waals surface area contributed by atoms with Gasteiger partial charge >= 0.3 is 5.97 Å². The lowest BCUT2D eigenvalue weighted by molar-refractivity contribution is -0.145. The van der Waals surface area contributed by atoms with Gasteiger partial charge in [-0.25, -0.2) is 4.79 Å². The fourth-order valence-electron chi connectivity index (χ4n) is 0.797. The second-order valence-corrected chi connectivity index (χ2v) is 4.12. The van der Waals surface area contributed by atoms with Gasteiger partial charge in [0.15, 0.2) is 11.8 Å². The first-order valence-electron chi connectivity index (χ1n) is 4.25. The summed E-state index contributed by atoms with van der Waals surface area (Å²) in [5.41, 5.74) is 0. The van der Waals surface area contributed by atoms with Crippen molar-refractivity contribution in [1.29, 1.82) is 0 Å². The van der Waals surface area contributed by atoms with Crippen molar-refractivity contribution < 1.29 is 19.5 Å². The van der Waals surface area contributed by atoms with Crippen molar-refractivity contribution in [2.45, 2.75) is 24.6 Å². The van der Waals surface area contributed by atoms with E-state index >= 15 is 0 Å². The van der Waals surface area contributed by atoms with E-state index in [1.807, 2.05) is 0 Å². The van der Waals surface area contributed by atoms with Crippen LogP contribution < -0.4 is 5.32 Å². The van der Waals surface area contributed by atoms with E-state index in [4.69, 9.17) is 5.11 Å². The number of thiol groups is 2. The third-order valence-corrected chi connectivity index (χ3v) is 2.05. The lowest BCUT2D eigenvalue weighted by Gasteiger charge is -2.14. The predicted molar refractivity (Wildman–Crippen MR) is 61.5 cm³/mol. The number of hydrogen-bond acceptors (Lipinski definition) is 5. The summed E-state index contributed by atoms with van der Waals surface area (Å²) in [6.45, 7) is 1.49. The molecule has 2 atom stereocenters. The molecule has 0 fully saturated rings. The Morgan fingerprint density at radius 3 is 2.27 bits per heavy atom. The molecule has 0 aromatic carbocycles. The minimum absolute atomic E-state index is 0.00130. The molecule has 5 nitrogen and oxygen atoms in total. The Kier molecular flexibility index (Phi) is 6.42. The van der Waals surface area contributed by atoms with Crippen LogP contribution in [0.5, 0.6) is 0 Å². The molecule has 0 aliphatic rings. The minimum Gasteiger partial charge on any atom is -0.479 e. The molecular weight excluding hydrogens is 238 g/mol. The second-order valence-electron chi connectivity index (χ2n) is 2.90. The average Bonchev–Trinajstić information content (AvgIpc) is 2.13. The summed E-state index contributed by atoms with van der Waals surface area (Å²) in [4.78, 5) is 33.1. The largest absolute Gasteiger partial charge is 0.479 e. The SMILES string of the molecule is CC(S)C(=O)NC(C(=O)O)C(=O)CCS. The van der Waals surface area contributed by atoms with E-state index in [0.29, 0.717) is 0 Å². The van der Waals surface area contributed by atoms with Crippen molar-refractivity contribution in [2.75, 3.05) is 5.75 Å². The van der Waals surface area contributed by atoms with Gasteiger partial charge in [-0.15, -0.1) is 0 Å². The average molecular weight is 251 g/mol. The minimum atomic E-state index is -1.50. The van der Waals surface area contributed by atoms with Gasteiger partial charge in [-0.2, -0.15) is 25.3 Å². The van der Waals surface area contributed by atoms with E-state index in [9.17, 15) is 14.4 Å². The first-order chi connectivity index (χ1) is 6.90. The summed E-state index contributed by atoms with van der Waals surface area (Å²) in [5, 5.41) is 10.2. The molecular formula is C8H13NO4S2. The lowest BCUT2D eigenvalue weighted by Crippen LogP contribution is -2.48. The van der Waals surface area contributed by atoms with E-state index in [-0.39, 0.29) is 12.2 Å². The normalized spacial score (nSPS) is 14.1. The standard InChI is InChI=1S/C8H13NO4S2/c1-4(15)7(11)9-6(8(12)13)5(10)2-3-14/h4,6,14-15H,2-3H2,1H3,(H,9,11)(H,12,13). The van der Waals surface area contributed by atoms with Gasteiger partial charge in [0, 0.05) is 6.42 Å². The maximum Gasteiger partial charge on any atom is 0.334 e. The van der Waals surface area contributed by atoms with Crippen molar-refractivity contribution in [3.05, 3.63) is 0 Å². The number of rotatable bonds is 6. The Bertz CT molecular complexity index is 267. The Labute approximate surface area is 98.4 Å². The Hall–Kier alpha value is -0.690. The molecule has 1 amide bonds. The molecule has 0 aromatic heterocycles. The third-order valence-electron chi connectivity index (χ3n) is 1.59. The monoisotopic (exact) mass is 251 g/mol. The molecule has 0 aliphatic carbocycles. The number of hydrogen-bond donors (Lipinski definition) is 4. The zero-order chi connectivity index (χ0) is 12.0. The smallest absolute Gasteiger partial charge is 0.334 e. The summed E-state index contributed by atoms with van der Waals surface area (Å²) in [6.07, 6.45) is 0.00130. The van der Waals surface area contributed by atoms with E-state index in [0.717, 1.165) is 0 Å². The first-order valence-corrected chi connectivity index (χ1v) is 5.39. The van der Waals surface area contributed by atoms with Gasteiger partial charge in [0.1, 0.15) is 0 Å². The van der Waals surface area contributed by atoms with Gasteiger partial charge in [-0.05, 0) is 12.7 Å². The number of carboxylic acid groups (broad SMARTS) is 1. The Balaban J connectivity index is 4.48. The molecule has 0 spiro atoms. The summed E-state index contributed by atoms with van der Waals surface area (Å²) < 4.78 is 0. The van der Waals surface area contributed by atoms with Crippen molar-refractivity contribution in [1.82, 2.24) is 5.32 Å². The van der Waals surface area contributed by atoms with E-state index in [1.54, 1.807) is 0 Å². The predicted octanol–water partition coefficient (Wildman–Crippen LogP) is -0.237. The van der Waals surface area contributed by atoms with Crippen LogP contribution in [0.3, 0.4) is 0 Å². The molecule has 0 radical (unpaired) electrons. The van der Waals surface area contributed by atoms with Gasteiger partial charge in [-0.1, -0.05) is 0 Å². The second kappa shape index (κ2) is 6.73. The highest BCUT2D eigenvalue weighted by molar-refractivity contribution is 7.81. The number of carbonyl (C=O) groups is 3. The molecule has 0 saturated heterocycles. The fraction of sp³-hybridized carbons (Fsp3) is 0.625. The number of nitrogens with one attached hydrogen (secondary N) is 1. The quantitative estimate of drug-likeness (QED) is 0.388. The molecule has 0 aliphatic heterocycles. The van der Waals surface area contributed by atoms with Gasteiger partial charge in [0.25, 0.3) is 0 Å². The number of amides is 1. The first kappa shape index (κ1) is 14.3. The summed E-state index contributed by atoms with van der Waals surface area (Å²) >= 11 is 7.64. The number of carboxylic acids is 1. The highest BCUT2D eigenvalue weighted by atomic mass is 32.1. The molecule has 0 aromatic rings. The van der Waals surface area contributed by atoms with Gasteiger partial charge < -0.3 is 10.4 Å². The third kappa shape index (κ3) is 5.08. The zero-order valence-electron chi connectivity index (χ0n) is 8.14. The maximum absolute atomic E-state index is 11.3. The van der Waals surface area contributed by atoms with E-state index in [1.165, 1.54) is 6.92 Å². The van der Waals surface area contributed by atoms with Crippen LogP contribution in [-0.2, 0) is 14.4 Å². The van der Waals surface area contributed by atoms with Crippen LogP contribution >= 0.6 is 25.3 Å². The van der Waals surface area contributed by atoms with Gasteiger partial charge in [0.05, 0.1) is 5.25 Å². The number of Topliss-reactive ketones (excluding diaryl/α,β-unsaturated/α-hetero) is 1. The van der Waals surface area contributed by atoms with E-state index < -0.39 is 29.0 Å². The molecule has 0 saturated carbocycles.